The number of nitrogens with zero attached hydrogens (tertiary/aromatic N) is 2. The predicted molar refractivity (Wildman–Crippen MR) is 67.6 cm³/mol. The molecule has 0 saturated carbocycles. The maximum Gasteiger partial charge on any atom is 0.237 e. The fourth-order valence-electron chi connectivity index (χ4n) is 1.53. The second-order valence-electron chi connectivity index (χ2n) is 3.99. The number of pyridine rings is 1. The van der Waals surface area contributed by atoms with Crippen LogP contribution in [0.2, 0.25) is 0 Å². The number of unbranched alkanes of at least 4 members (excludes halogenated alkanes) is 4. The minimum absolute atomic E-state index is 0.428. The minimum atomic E-state index is 0.428. The standard InChI is InChI=1S/C13H19N3O/c1-2-3-4-5-6-7-17-13-12(15)8-11(9-14)10-16-13/h8,10H,2-7,15H2,1H3. The first-order chi connectivity index (χ1) is 8.27. The minimum Gasteiger partial charge on any atom is -0.476 e. The number of nitriles is 1. The number of hydrogen-bond donors (Lipinski definition) is 1. The SMILES string of the molecule is CCCCCCCOc1ncc(C#N)cc1N. The molecule has 4 nitrogen and oxygen atoms in total. The topological polar surface area (TPSA) is 71.9 Å². The summed E-state index contributed by atoms with van der Waals surface area (Å²) in [7, 11) is 0. The fourth-order valence-corrected chi connectivity index (χ4v) is 1.53. The molecule has 1 aromatic rings. The number of nitrogen functional groups attached to an aromatic ring is 1. The summed E-state index contributed by atoms with van der Waals surface area (Å²) in [6, 6.07) is 3.57. The van der Waals surface area contributed by atoms with Gasteiger partial charge in [-0.1, -0.05) is 32.6 Å². The molecule has 0 aromatic carbocycles. The maximum atomic E-state index is 8.66. The lowest BCUT2D eigenvalue weighted by Gasteiger charge is -2.07. The molecule has 0 radical (unpaired) electrons. The Bertz CT molecular complexity index is 385. The molecule has 1 aromatic heterocycles. The van der Waals surface area contributed by atoms with E-state index in [4.69, 9.17) is 15.7 Å². The van der Waals surface area contributed by atoms with E-state index in [-0.39, 0.29) is 0 Å². The van der Waals surface area contributed by atoms with Crippen LogP contribution in [0.4, 0.5) is 5.69 Å². The van der Waals surface area contributed by atoms with Crippen LogP contribution in [0.3, 0.4) is 0 Å². The van der Waals surface area contributed by atoms with E-state index in [1.807, 2.05) is 6.07 Å². The van der Waals surface area contributed by atoms with Gasteiger partial charge in [-0.25, -0.2) is 4.98 Å². The van der Waals surface area contributed by atoms with Crippen molar-refractivity contribution in [1.82, 2.24) is 4.98 Å². The number of ether oxygens (including phenoxy) is 1. The molecule has 92 valence electrons. The number of anilines is 1. The number of hydrogen-bond acceptors (Lipinski definition) is 4. The van der Waals surface area contributed by atoms with E-state index in [2.05, 4.69) is 11.9 Å². The highest BCUT2D eigenvalue weighted by Gasteiger charge is 2.03. The predicted octanol–water partition coefficient (Wildman–Crippen LogP) is 2.88. The quantitative estimate of drug-likeness (QED) is 0.735. The lowest BCUT2D eigenvalue weighted by atomic mass is 10.2. The Morgan fingerprint density at radius 2 is 2.12 bits per heavy atom. The first-order valence-electron chi connectivity index (χ1n) is 6.06. The van der Waals surface area contributed by atoms with E-state index in [1.54, 1.807) is 6.07 Å². The Balaban J connectivity index is 2.30. The first kappa shape index (κ1) is 13.3. The summed E-state index contributed by atoms with van der Waals surface area (Å²) in [4.78, 5) is 4.01. The summed E-state index contributed by atoms with van der Waals surface area (Å²) in [5.41, 5.74) is 6.61. The van der Waals surface area contributed by atoms with Crippen molar-refractivity contribution in [2.45, 2.75) is 39.0 Å². The van der Waals surface area contributed by atoms with Crippen LogP contribution in [0.1, 0.15) is 44.6 Å². The maximum absolute atomic E-state index is 8.66. The monoisotopic (exact) mass is 233 g/mol. The second kappa shape index (κ2) is 7.50. The molecule has 1 heterocycles. The van der Waals surface area contributed by atoms with Crippen molar-refractivity contribution in [3.8, 4) is 11.9 Å². The molecule has 0 aliphatic rings. The van der Waals surface area contributed by atoms with Gasteiger partial charge in [0.25, 0.3) is 0 Å². The normalized spacial score (nSPS) is 9.88. The zero-order chi connectivity index (χ0) is 12.5. The van der Waals surface area contributed by atoms with Gasteiger partial charge in [0.15, 0.2) is 0 Å². The van der Waals surface area contributed by atoms with Gasteiger partial charge >= 0.3 is 0 Å². The van der Waals surface area contributed by atoms with Crippen LogP contribution in [0.5, 0.6) is 5.88 Å². The van der Waals surface area contributed by atoms with Crippen LogP contribution in [0, 0.1) is 11.3 Å². The molecule has 4 heteroatoms. The van der Waals surface area contributed by atoms with Crippen LogP contribution < -0.4 is 10.5 Å². The lowest BCUT2D eigenvalue weighted by Crippen LogP contribution is -2.02. The Morgan fingerprint density at radius 1 is 1.35 bits per heavy atom. The molecule has 0 amide bonds. The zero-order valence-electron chi connectivity index (χ0n) is 10.3. The summed E-state index contributed by atoms with van der Waals surface area (Å²) in [6.45, 7) is 2.82. The van der Waals surface area contributed by atoms with Gasteiger partial charge in [0, 0.05) is 6.20 Å². The van der Waals surface area contributed by atoms with Crippen LogP contribution in [0.25, 0.3) is 0 Å². The Hall–Kier alpha value is -1.76. The highest BCUT2D eigenvalue weighted by atomic mass is 16.5. The van der Waals surface area contributed by atoms with Gasteiger partial charge in [0.1, 0.15) is 6.07 Å². The van der Waals surface area contributed by atoms with Gasteiger partial charge in [0.2, 0.25) is 5.88 Å². The molecule has 0 fully saturated rings. The summed E-state index contributed by atoms with van der Waals surface area (Å²) in [5, 5.41) is 8.66. The Morgan fingerprint density at radius 3 is 2.76 bits per heavy atom. The Kier molecular flexibility index (Phi) is 5.87. The fraction of sp³-hybridized carbons (Fsp3) is 0.538. The third kappa shape index (κ3) is 4.73. The third-order valence-corrected chi connectivity index (χ3v) is 2.49. The summed E-state index contributed by atoms with van der Waals surface area (Å²) in [5.74, 6) is 0.430. The van der Waals surface area contributed by atoms with Gasteiger partial charge < -0.3 is 10.5 Å². The number of nitrogens with two attached hydrogens (primary N) is 1. The number of aromatic nitrogens is 1. The second-order valence-corrected chi connectivity index (χ2v) is 3.99. The molecule has 0 atom stereocenters. The summed E-state index contributed by atoms with van der Waals surface area (Å²) in [6.07, 6.45) is 7.42. The van der Waals surface area contributed by atoms with Crippen LogP contribution >= 0.6 is 0 Å². The average Bonchev–Trinajstić information content (AvgIpc) is 2.35. The molecule has 0 aliphatic heterocycles. The van der Waals surface area contributed by atoms with Crippen molar-refractivity contribution in [2.24, 2.45) is 0 Å². The van der Waals surface area contributed by atoms with Crippen LogP contribution in [-0.4, -0.2) is 11.6 Å². The molecule has 0 unspecified atom stereocenters. The molecule has 0 spiro atoms. The summed E-state index contributed by atoms with van der Waals surface area (Å²) >= 11 is 0. The highest BCUT2D eigenvalue weighted by Crippen LogP contribution is 2.18. The molecule has 1 rings (SSSR count). The average molecular weight is 233 g/mol. The van der Waals surface area contributed by atoms with Crippen LogP contribution in [-0.2, 0) is 0 Å². The van der Waals surface area contributed by atoms with Crippen molar-refractivity contribution < 1.29 is 4.74 Å². The zero-order valence-corrected chi connectivity index (χ0v) is 10.3. The van der Waals surface area contributed by atoms with Gasteiger partial charge in [-0.2, -0.15) is 5.26 Å². The lowest BCUT2D eigenvalue weighted by molar-refractivity contribution is 0.295. The van der Waals surface area contributed by atoms with E-state index < -0.39 is 0 Å². The van der Waals surface area contributed by atoms with Gasteiger partial charge in [-0.05, 0) is 12.5 Å². The van der Waals surface area contributed by atoms with Crippen molar-refractivity contribution in [3.05, 3.63) is 17.8 Å². The highest BCUT2D eigenvalue weighted by molar-refractivity contribution is 5.51. The van der Waals surface area contributed by atoms with Crippen molar-refractivity contribution in [3.63, 3.8) is 0 Å². The van der Waals surface area contributed by atoms with Gasteiger partial charge in [-0.3, -0.25) is 0 Å². The molecular weight excluding hydrogens is 214 g/mol. The smallest absolute Gasteiger partial charge is 0.237 e. The number of rotatable bonds is 7. The van der Waals surface area contributed by atoms with Crippen molar-refractivity contribution >= 4 is 5.69 Å². The molecule has 0 bridgehead atoms. The first-order valence-corrected chi connectivity index (χ1v) is 6.06. The van der Waals surface area contributed by atoms with Crippen LogP contribution in [0.15, 0.2) is 12.3 Å². The van der Waals surface area contributed by atoms with E-state index in [0.29, 0.717) is 23.7 Å². The molecule has 0 saturated heterocycles. The van der Waals surface area contributed by atoms with Crippen molar-refractivity contribution in [2.75, 3.05) is 12.3 Å². The molecular formula is C13H19N3O. The van der Waals surface area contributed by atoms with Gasteiger partial charge in [0.05, 0.1) is 17.9 Å². The third-order valence-electron chi connectivity index (χ3n) is 2.49. The van der Waals surface area contributed by atoms with E-state index in [0.717, 1.165) is 6.42 Å². The van der Waals surface area contributed by atoms with E-state index in [1.165, 1.54) is 31.9 Å². The largest absolute Gasteiger partial charge is 0.476 e. The molecule has 0 aliphatic carbocycles. The van der Waals surface area contributed by atoms with E-state index in [9.17, 15) is 0 Å². The van der Waals surface area contributed by atoms with Crippen molar-refractivity contribution in [1.29, 1.82) is 5.26 Å². The van der Waals surface area contributed by atoms with E-state index >= 15 is 0 Å². The van der Waals surface area contributed by atoms with Gasteiger partial charge in [-0.15, -0.1) is 0 Å². The Labute approximate surface area is 102 Å². The molecule has 17 heavy (non-hydrogen) atoms. The summed E-state index contributed by atoms with van der Waals surface area (Å²) < 4.78 is 5.47. The molecule has 2 N–H and O–H groups in total.